The van der Waals surface area contributed by atoms with E-state index in [1.807, 2.05) is 6.92 Å². The Morgan fingerprint density at radius 2 is 1.75 bits per heavy atom. The third-order valence-electron chi connectivity index (χ3n) is 2.01. The molecule has 6 heteroatoms. The molecule has 3 unspecified atom stereocenters. The van der Waals surface area contributed by atoms with E-state index in [1.165, 1.54) is 11.4 Å². The summed E-state index contributed by atoms with van der Waals surface area (Å²) < 4.78 is 5.43. The fourth-order valence-corrected chi connectivity index (χ4v) is 6.75. The predicted molar refractivity (Wildman–Crippen MR) is 71.7 cm³/mol. The van der Waals surface area contributed by atoms with Gasteiger partial charge in [-0.3, -0.25) is 0 Å². The number of rotatable bonds is 8. The summed E-state index contributed by atoms with van der Waals surface area (Å²) in [5.74, 6) is 0. The SMILES string of the molecule is CCCC(C)OP([O-])(=S)SC(C)CCC.[Na+]. The van der Waals surface area contributed by atoms with Crippen LogP contribution in [0.4, 0.5) is 0 Å². The van der Waals surface area contributed by atoms with Crippen molar-refractivity contribution in [1.82, 2.24) is 0 Å². The first-order chi connectivity index (χ1) is 6.91. The van der Waals surface area contributed by atoms with Crippen LogP contribution in [0.15, 0.2) is 0 Å². The minimum Gasteiger partial charge on any atom is -0.793 e. The average molecular weight is 292 g/mol. The summed E-state index contributed by atoms with van der Waals surface area (Å²) in [6.07, 6.45) is 4.10. The van der Waals surface area contributed by atoms with Crippen molar-refractivity contribution in [3.05, 3.63) is 0 Å². The summed E-state index contributed by atoms with van der Waals surface area (Å²) in [5.41, 5.74) is -2.86. The Hall–Kier alpha value is 1.92. The smallest absolute Gasteiger partial charge is 0.793 e. The van der Waals surface area contributed by atoms with Crippen molar-refractivity contribution >= 4 is 28.9 Å². The number of hydrogen-bond acceptors (Lipinski definition) is 4. The second kappa shape index (κ2) is 10.8. The molecule has 0 aliphatic rings. The van der Waals surface area contributed by atoms with Crippen LogP contribution in [0.2, 0.25) is 0 Å². The quantitative estimate of drug-likeness (QED) is 0.487. The maximum atomic E-state index is 11.9. The monoisotopic (exact) mass is 292 g/mol. The van der Waals surface area contributed by atoms with Gasteiger partial charge < -0.3 is 9.42 Å². The van der Waals surface area contributed by atoms with E-state index in [1.54, 1.807) is 0 Å². The zero-order valence-corrected chi connectivity index (χ0v) is 15.6. The van der Waals surface area contributed by atoms with Gasteiger partial charge in [-0.25, -0.2) is 0 Å². The van der Waals surface area contributed by atoms with Gasteiger partial charge in [0, 0.05) is 10.9 Å². The molecule has 0 fully saturated rings. The van der Waals surface area contributed by atoms with Crippen LogP contribution in [0.25, 0.3) is 0 Å². The first kappa shape index (κ1) is 20.2. The van der Waals surface area contributed by atoms with Crippen LogP contribution in [-0.4, -0.2) is 11.4 Å². The third-order valence-corrected chi connectivity index (χ3v) is 6.63. The normalized spacial score (nSPS) is 18.3. The van der Waals surface area contributed by atoms with Crippen LogP contribution in [0.3, 0.4) is 0 Å². The average Bonchev–Trinajstić information content (AvgIpc) is 2.01. The van der Waals surface area contributed by atoms with E-state index < -0.39 is 5.69 Å². The van der Waals surface area contributed by atoms with Gasteiger partial charge in [0.15, 0.2) is 0 Å². The van der Waals surface area contributed by atoms with Crippen molar-refractivity contribution in [2.24, 2.45) is 0 Å². The predicted octanol–water partition coefficient (Wildman–Crippen LogP) is 0.702. The van der Waals surface area contributed by atoms with Gasteiger partial charge in [0.1, 0.15) is 0 Å². The molecule has 0 bridgehead atoms. The van der Waals surface area contributed by atoms with Crippen LogP contribution in [0.5, 0.6) is 0 Å². The molecule has 16 heavy (non-hydrogen) atoms. The third kappa shape index (κ3) is 11.0. The van der Waals surface area contributed by atoms with Gasteiger partial charge in [-0.2, -0.15) is 0 Å². The fourth-order valence-electron chi connectivity index (χ4n) is 1.38. The van der Waals surface area contributed by atoms with Crippen molar-refractivity contribution in [3.8, 4) is 0 Å². The Labute approximate surface area is 132 Å². The molecule has 0 saturated carbocycles. The Balaban J connectivity index is 0. The van der Waals surface area contributed by atoms with E-state index in [2.05, 4.69) is 20.8 Å². The van der Waals surface area contributed by atoms with Crippen molar-refractivity contribution < 1.29 is 39.0 Å². The molecule has 0 N–H and O–H groups in total. The van der Waals surface area contributed by atoms with Crippen molar-refractivity contribution in [2.75, 3.05) is 0 Å². The van der Waals surface area contributed by atoms with E-state index in [0.717, 1.165) is 25.7 Å². The molecular weight excluding hydrogens is 270 g/mol. The zero-order valence-electron chi connectivity index (χ0n) is 11.1. The molecule has 0 aromatic rings. The molecule has 0 aliphatic carbocycles. The summed E-state index contributed by atoms with van der Waals surface area (Å²) in [6.45, 7) is 8.20. The second-order valence-electron chi connectivity index (χ2n) is 3.86. The van der Waals surface area contributed by atoms with Crippen LogP contribution in [0, 0.1) is 0 Å². The van der Waals surface area contributed by atoms with E-state index in [-0.39, 0.29) is 35.7 Å². The first-order valence-electron chi connectivity index (χ1n) is 5.59. The molecule has 0 heterocycles. The Morgan fingerprint density at radius 1 is 1.25 bits per heavy atom. The maximum Gasteiger partial charge on any atom is 1.00 e. The summed E-state index contributed by atoms with van der Waals surface area (Å²) in [6, 6.07) is 0. The minimum atomic E-state index is -2.86. The minimum absolute atomic E-state index is 0. The van der Waals surface area contributed by atoms with Gasteiger partial charge in [0.25, 0.3) is 0 Å². The van der Waals surface area contributed by atoms with Gasteiger partial charge in [-0.15, -0.1) is 11.4 Å². The molecule has 92 valence electrons. The van der Waals surface area contributed by atoms with Gasteiger partial charge in [0.05, 0.1) is 6.10 Å². The largest absolute Gasteiger partial charge is 1.00 e. The van der Waals surface area contributed by atoms with Crippen molar-refractivity contribution in [3.63, 3.8) is 0 Å². The molecule has 3 atom stereocenters. The molecule has 0 radical (unpaired) electrons. The van der Waals surface area contributed by atoms with E-state index >= 15 is 0 Å². The molecule has 0 saturated heterocycles. The summed E-state index contributed by atoms with van der Waals surface area (Å²) in [7, 11) is 0. The maximum absolute atomic E-state index is 11.9. The van der Waals surface area contributed by atoms with Crippen molar-refractivity contribution in [1.29, 1.82) is 0 Å². The Morgan fingerprint density at radius 3 is 2.19 bits per heavy atom. The van der Waals surface area contributed by atoms with Crippen LogP contribution in [0.1, 0.15) is 53.4 Å². The Kier molecular flexibility index (Phi) is 13.7. The fraction of sp³-hybridized carbons (Fsp3) is 1.00. The topological polar surface area (TPSA) is 32.3 Å². The van der Waals surface area contributed by atoms with Crippen LogP contribution < -0.4 is 34.5 Å². The first-order valence-corrected chi connectivity index (χ1v) is 9.71. The summed E-state index contributed by atoms with van der Waals surface area (Å²) in [4.78, 5) is 11.9. The second-order valence-corrected chi connectivity index (χ2v) is 10.2. The Bertz CT molecular complexity index is 199. The van der Waals surface area contributed by atoms with Gasteiger partial charge in [0.2, 0.25) is 0 Å². The molecule has 0 aliphatic heterocycles. The molecule has 2 nitrogen and oxygen atoms in total. The molecule has 0 rings (SSSR count). The summed E-state index contributed by atoms with van der Waals surface area (Å²) >= 11 is 6.35. The molecule has 0 aromatic heterocycles. The number of hydrogen-bond donors (Lipinski definition) is 0. The molecule has 0 spiro atoms. The standard InChI is InChI=1S/C10H23O2PS2.Na/c1-5-7-9(3)12-13(11,14)15-10(4)8-6-2;/h9-10H,5-8H2,1-4H3,(H,11,14);/q;+1/p-1. The summed E-state index contributed by atoms with van der Waals surface area (Å²) in [5, 5.41) is 0.326. The van der Waals surface area contributed by atoms with E-state index in [9.17, 15) is 4.89 Å². The van der Waals surface area contributed by atoms with Gasteiger partial charge in [-0.1, -0.05) is 45.4 Å². The van der Waals surface area contributed by atoms with E-state index in [4.69, 9.17) is 16.3 Å². The molecular formula is C10H22NaO2PS2. The zero-order chi connectivity index (χ0) is 11.9. The van der Waals surface area contributed by atoms with Crippen molar-refractivity contribution in [2.45, 2.75) is 64.7 Å². The molecule has 0 aromatic carbocycles. The van der Waals surface area contributed by atoms with Gasteiger partial charge in [-0.05, 0) is 19.8 Å². The molecule has 0 amide bonds. The van der Waals surface area contributed by atoms with E-state index in [0.29, 0.717) is 5.25 Å². The van der Waals surface area contributed by atoms with Crippen LogP contribution >= 0.6 is 17.1 Å². The van der Waals surface area contributed by atoms with Gasteiger partial charge >= 0.3 is 29.6 Å². The van der Waals surface area contributed by atoms with Crippen LogP contribution in [-0.2, 0) is 16.3 Å².